The summed E-state index contributed by atoms with van der Waals surface area (Å²) in [7, 11) is -3.18. The number of hydrogen-bond acceptors (Lipinski definition) is 4. The Balaban J connectivity index is 2.45. The van der Waals surface area contributed by atoms with Crippen molar-refractivity contribution in [1.29, 1.82) is 0 Å². The highest BCUT2D eigenvalue weighted by molar-refractivity contribution is 7.90. The monoisotopic (exact) mass is 289 g/mol. The Labute approximate surface area is 117 Å². The maximum absolute atomic E-state index is 11.4. The quantitative estimate of drug-likeness (QED) is 0.895. The SMILES string of the molecule is C=C(N)/N=c1/cccc(-c2ccc(S(C)(=O)=O)cc2)[nH]1. The third-order valence-electron chi connectivity index (χ3n) is 2.64. The summed E-state index contributed by atoms with van der Waals surface area (Å²) in [6.45, 7) is 3.52. The van der Waals surface area contributed by atoms with Gasteiger partial charge >= 0.3 is 0 Å². The van der Waals surface area contributed by atoms with Gasteiger partial charge in [0.15, 0.2) is 9.84 Å². The van der Waals surface area contributed by atoms with Gasteiger partial charge in [0, 0.05) is 11.9 Å². The van der Waals surface area contributed by atoms with E-state index in [0.29, 0.717) is 5.49 Å². The van der Waals surface area contributed by atoms with Crippen LogP contribution in [0.4, 0.5) is 0 Å². The fraction of sp³-hybridized carbons (Fsp3) is 0.0714. The minimum absolute atomic E-state index is 0.214. The number of nitrogens with two attached hydrogens (primary N) is 1. The Kier molecular flexibility index (Phi) is 3.76. The van der Waals surface area contributed by atoms with Crippen LogP contribution in [0.15, 0.2) is 64.8 Å². The number of aromatic amines is 1. The van der Waals surface area contributed by atoms with Crippen LogP contribution >= 0.6 is 0 Å². The molecule has 0 fully saturated rings. The van der Waals surface area contributed by atoms with E-state index in [1.165, 1.54) is 6.26 Å². The molecule has 104 valence electrons. The molecule has 6 heteroatoms. The zero-order valence-corrected chi connectivity index (χ0v) is 11.8. The average molecular weight is 289 g/mol. The van der Waals surface area contributed by atoms with Crippen LogP contribution in [0.25, 0.3) is 11.3 Å². The van der Waals surface area contributed by atoms with E-state index in [-0.39, 0.29) is 10.7 Å². The lowest BCUT2D eigenvalue weighted by Crippen LogP contribution is -2.09. The normalized spacial score (nSPS) is 12.3. The van der Waals surface area contributed by atoms with E-state index in [9.17, 15) is 8.42 Å². The van der Waals surface area contributed by atoms with E-state index in [2.05, 4.69) is 16.6 Å². The summed E-state index contributed by atoms with van der Waals surface area (Å²) in [5, 5.41) is 0. The Morgan fingerprint density at radius 1 is 1.20 bits per heavy atom. The molecule has 0 aliphatic rings. The molecule has 1 heterocycles. The predicted molar refractivity (Wildman–Crippen MR) is 78.2 cm³/mol. The second-order valence-corrected chi connectivity index (χ2v) is 6.37. The lowest BCUT2D eigenvalue weighted by Gasteiger charge is -2.04. The highest BCUT2D eigenvalue weighted by Gasteiger charge is 2.06. The van der Waals surface area contributed by atoms with E-state index < -0.39 is 9.84 Å². The molecule has 0 saturated carbocycles. The lowest BCUT2D eigenvalue weighted by molar-refractivity contribution is 0.602. The van der Waals surface area contributed by atoms with Gasteiger partial charge in [-0.2, -0.15) is 0 Å². The molecule has 0 radical (unpaired) electrons. The maximum Gasteiger partial charge on any atom is 0.175 e. The summed E-state index contributed by atoms with van der Waals surface area (Å²) in [4.78, 5) is 7.42. The van der Waals surface area contributed by atoms with Gasteiger partial charge in [-0.15, -0.1) is 0 Å². The predicted octanol–water partition coefficient (Wildman–Crippen LogP) is 1.42. The van der Waals surface area contributed by atoms with Crippen LogP contribution in [0, 0.1) is 0 Å². The number of nitrogens with zero attached hydrogens (tertiary/aromatic N) is 1. The molecule has 0 aliphatic heterocycles. The van der Waals surface area contributed by atoms with E-state index in [4.69, 9.17) is 5.73 Å². The zero-order valence-electron chi connectivity index (χ0n) is 11.0. The van der Waals surface area contributed by atoms with Crippen LogP contribution in [0.1, 0.15) is 0 Å². The van der Waals surface area contributed by atoms with Gasteiger partial charge in [0.05, 0.1) is 4.90 Å². The van der Waals surface area contributed by atoms with Crippen LogP contribution in [-0.4, -0.2) is 19.7 Å². The summed E-state index contributed by atoms with van der Waals surface area (Å²) in [5.74, 6) is 0.214. The number of nitrogens with one attached hydrogen (secondary N) is 1. The molecule has 0 aliphatic carbocycles. The van der Waals surface area contributed by atoms with Crippen molar-refractivity contribution in [1.82, 2.24) is 4.98 Å². The first-order chi connectivity index (χ1) is 9.36. The number of aromatic nitrogens is 1. The van der Waals surface area contributed by atoms with Crippen molar-refractivity contribution in [3.63, 3.8) is 0 Å². The van der Waals surface area contributed by atoms with Crippen LogP contribution in [0.5, 0.6) is 0 Å². The van der Waals surface area contributed by atoms with E-state index in [1.54, 1.807) is 30.3 Å². The first-order valence-corrected chi connectivity index (χ1v) is 7.74. The Morgan fingerprint density at radius 3 is 2.40 bits per heavy atom. The van der Waals surface area contributed by atoms with E-state index >= 15 is 0 Å². The van der Waals surface area contributed by atoms with Gasteiger partial charge < -0.3 is 10.7 Å². The van der Waals surface area contributed by atoms with Crippen LogP contribution < -0.4 is 11.2 Å². The third-order valence-corrected chi connectivity index (χ3v) is 3.77. The molecule has 2 rings (SSSR count). The van der Waals surface area contributed by atoms with Crippen LogP contribution in [0.2, 0.25) is 0 Å². The summed E-state index contributed by atoms with van der Waals surface area (Å²) in [6, 6.07) is 12.1. The topological polar surface area (TPSA) is 88.3 Å². The van der Waals surface area contributed by atoms with Gasteiger partial charge in [-0.05, 0) is 29.8 Å². The number of sulfone groups is 1. The summed E-state index contributed by atoms with van der Waals surface area (Å²) in [6.07, 6.45) is 1.18. The molecule has 1 aromatic heterocycles. The number of hydrogen-bond donors (Lipinski definition) is 2. The van der Waals surface area contributed by atoms with Crippen molar-refractivity contribution in [3.05, 3.63) is 60.4 Å². The van der Waals surface area contributed by atoms with Crippen molar-refractivity contribution in [2.45, 2.75) is 4.90 Å². The minimum atomic E-state index is -3.18. The van der Waals surface area contributed by atoms with Crippen LogP contribution in [0.3, 0.4) is 0 Å². The second-order valence-electron chi connectivity index (χ2n) is 4.35. The molecule has 0 spiro atoms. The van der Waals surface area contributed by atoms with E-state index in [0.717, 1.165) is 11.3 Å². The summed E-state index contributed by atoms with van der Waals surface area (Å²) in [5.41, 5.74) is 7.69. The first kappa shape index (κ1) is 14.1. The Hall–Kier alpha value is -2.34. The minimum Gasteiger partial charge on any atom is -0.384 e. The number of H-pyrrole nitrogens is 1. The molecule has 0 amide bonds. The van der Waals surface area contributed by atoms with Crippen molar-refractivity contribution in [2.24, 2.45) is 10.7 Å². The second kappa shape index (κ2) is 5.34. The number of pyridine rings is 1. The van der Waals surface area contributed by atoms with Crippen molar-refractivity contribution >= 4 is 9.84 Å². The highest BCUT2D eigenvalue weighted by atomic mass is 32.2. The zero-order chi connectivity index (χ0) is 14.8. The molecule has 3 N–H and O–H groups in total. The molecule has 5 nitrogen and oxygen atoms in total. The highest BCUT2D eigenvalue weighted by Crippen LogP contribution is 2.18. The van der Waals surface area contributed by atoms with Gasteiger partial charge in [0.1, 0.15) is 11.3 Å². The molecule has 1 aromatic carbocycles. The molecule has 2 aromatic rings. The molecule has 0 atom stereocenters. The van der Waals surface area contributed by atoms with Gasteiger partial charge in [-0.1, -0.05) is 24.8 Å². The average Bonchev–Trinajstić information content (AvgIpc) is 2.37. The maximum atomic E-state index is 11.4. The van der Waals surface area contributed by atoms with Gasteiger partial charge in [-0.25, -0.2) is 13.4 Å². The van der Waals surface area contributed by atoms with Gasteiger partial charge in [0.25, 0.3) is 0 Å². The lowest BCUT2D eigenvalue weighted by atomic mass is 10.1. The molecule has 0 saturated heterocycles. The van der Waals surface area contributed by atoms with Crippen LogP contribution in [-0.2, 0) is 9.84 Å². The molecule has 0 bridgehead atoms. The largest absolute Gasteiger partial charge is 0.384 e. The van der Waals surface area contributed by atoms with E-state index in [1.807, 2.05) is 12.1 Å². The molecular formula is C14H15N3O2S. The fourth-order valence-corrected chi connectivity index (χ4v) is 2.36. The molecular weight excluding hydrogens is 274 g/mol. The molecule has 0 unspecified atom stereocenters. The third kappa shape index (κ3) is 3.36. The van der Waals surface area contributed by atoms with Gasteiger partial charge in [0.2, 0.25) is 0 Å². The van der Waals surface area contributed by atoms with Crippen molar-refractivity contribution in [2.75, 3.05) is 6.26 Å². The van der Waals surface area contributed by atoms with Crippen molar-refractivity contribution < 1.29 is 8.42 Å². The smallest absolute Gasteiger partial charge is 0.175 e. The number of benzene rings is 1. The fourth-order valence-electron chi connectivity index (χ4n) is 1.73. The summed E-state index contributed by atoms with van der Waals surface area (Å²) >= 11 is 0. The Bertz CT molecular complexity index is 803. The standard InChI is InChI=1S/C14H15N3O2S/c1-10(15)16-14-5-3-4-13(17-14)11-6-8-12(9-7-11)20(2,18)19/h3-9H,1,15H2,2H3,(H,16,17). The van der Waals surface area contributed by atoms with Gasteiger partial charge in [-0.3, -0.25) is 0 Å². The first-order valence-electron chi connectivity index (χ1n) is 5.85. The number of rotatable bonds is 3. The summed E-state index contributed by atoms with van der Waals surface area (Å²) < 4.78 is 22.8. The van der Waals surface area contributed by atoms with Crippen molar-refractivity contribution in [3.8, 4) is 11.3 Å². The molecule has 20 heavy (non-hydrogen) atoms. The Morgan fingerprint density at radius 2 is 1.85 bits per heavy atom.